The van der Waals surface area contributed by atoms with E-state index in [4.69, 9.17) is 0 Å². The maximum absolute atomic E-state index is 11.5. The summed E-state index contributed by atoms with van der Waals surface area (Å²) in [7, 11) is 0. The van der Waals surface area contributed by atoms with E-state index in [0.29, 0.717) is 5.56 Å². The molecule has 0 fully saturated rings. The fourth-order valence-corrected chi connectivity index (χ4v) is 3.36. The minimum Gasteiger partial charge on any atom is -0.479 e. The van der Waals surface area contributed by atoms with Crippen LogP contribution in [0, 0.1) is 0 Å². The van der Waals surface area contributed by atoms with Gasteiger partial charge < -0.3 is 10.2 Å². The van der Waals surface area contributed by atoms with E-state index in [9.17, 15) is 15.0 Å². The van der Waals surface area contributed by atoms with E-state index < -0.39 is 11.6 Å². The highest BCUT2D eigenvalue weighted by molar-refractivity contribution is 5.79. The summed E-state index contributed by atoms with van der Waals surface area (Å²) < 4.78 is 0. The molecule has 2 N–H and O–H groups in total. The van der Waals surface area contributed by atoms with E-state index in [-0.39, 0.29) is 6.42 Å². The smallest absolute Gasteiger partial charge is 0.340 e. The number of hydrogen-bond acceptors (Lipinski definition) is 2. The van der Waals surface area contributed by atoms with Crippen molar-refractivity contribution in [2.24, 2.45) is 0 Å². The quantitative estimate of drug-likeness (QED) is 0.253. The number of carboxylic acids is 1. The van der Waals surface area contributed by atoms with Crippen LogP contribution in [0.4, 0.5) is 0 Å². The first-order valence-corrected chi connectivity index (χ1v) is 10.8. The molecule has 0 saturated heterocycles. The van der Waals surface area contributed by atoms with Gasteiger partial charge >= 0.3 is 5.97 Å². The van der Waals surface area contributed by atoms with Gasteiger partial charge in [-0.1, -0.05) is 94.4 Å². The fourth-order valence-electron chi connectivity index (χ4n) is 3.36. The average Bonchev–Trinajstić information content (AvgIpc) is 2.68. The van der Waals surface area contributed by atoms with E-state index in [1.54, 1.807) is 24.3 Å². The molecule has 152 valence electrons. The molecule has 0 spiro atoms. The Morgan fingerprint density at radius 2 is 1.37 bits per heavy atom. The van der Waals surface area contributed by atoms with Crippen LogP contribution in [0.15, 0.2) is 42.5 Å². The van der Waals surface area contributed by atoms with E-state index >= 15 is 0 Å². The average molecular weight is 375 g/mol. The summed E-state index contributed by atoms with van der Waals surface area (Å²) in [5, 5.41) is 20.0. The molecule has 0 bridgehead atoms. The third kappa shape index (κ3) is 9.76. The minimum absolute atomic E-state index is 0.264. The molecule has 3 heteroatoms. The maximum Gasteiger partial charge on any atom is 0.340 e. The zero-order chi connectivity index (χ0) is 19.8. The van der Waals surface area contributed by atoms with Gasteiger partial charge in [0.25, 0.3) is 0 Å². The van der Waals surface area contributed by atoms with E-state index in [2.05, 4.69) is 19.1 Å². The number of carboxylic acid groups (broad SMARTS) is 1. The van der Waals surface area contributed by atoms with Gasteiger partial charge in [0.05, 0.1) is 0 Å². The van der Waals surface area contributed by atoms with Crippen molar-refractivity contribution < 1.29 is 15.0 Å². The van der Waals surface area contributed by atoms with Gasteiger partial charge in [0.1, 0.15) is 0 Å². The summed E-state index contributed by atoms with van der Waals surface area (Å²) in [6, 6.07) is 8.72. The van der Waals surface area contributed by atoms with Gasteiger partial charge in [-0.2, -0.15) is 0 Å². The van der Waals surface area contributed by atoms with Crippen molar-refractivity contribution in [2.75, 3.05) is 0 Å². The highest BCUT2D eigenvalue weighted by atomic mass is 16.4. The number of carbonyl (C=O) groups is 1. The minimum atomic E-state index is -1.77. The highest BCUT2D eigenvalue weighted by Gasteiger charge is 2.37. The monoisotopic (exact) mass is 374 g/mol. The lowest BCUT2D eigenvalue weighted by Crippen LogP contribution is -2.35. The van der Waals surface area contributed by atoms with Crippen molar-refractivity contribution in [1.29, 1.82) is 0 Å². The van der Waals surface area contributed by atoms with Gasteiger partial charge in [0.15, 0.2) is 5.60 Å². The molecule has 1 aromatic carbocycles. The Bertz CT molecular complexity index is 524. The lowest BCUT2D eigenvalue weighted by molar-refractivity contribution is -0.160. The Morgan fingerprint density at radius 3 is 1.93 bits per heavy atom. The molecule has 0 aliphatic heterocycles. The summed E-state index contributed by atoms with van der Waals surface area (Å²) in [5.74, 6) is -1.16. The molecule has 0 heterocycles. The zero-order valence-electron chi connectivity index (χ0n) is 17.0. The van der Waals surface area contributed by atoms with Crippen LogP contribution in [0.25, 0.3) is 0 Å². The summed E-state index contributed by atoms with van der Waals surface area (Å²) in [6.07, 6.45) is 19.1. The zero-order valence-corrected chi connectivity index (χ0v) is 17.0. The van der Waals surface area contributed by atoms with Crippen LogP contribution in [0.1, 0.15) is 96.0 Å². The van der Waals surface area contributed by atoms with E-state index in [1.807, 2.05) is 6.07 Å². The number of benzene rings is 1. The molecule has 0 aliphatic carbocycles. The van der Waals surface area contributed by atoms with Crippen LogP contribution < -0.4 is 0 Å². The number of aliphatic hydroxyl groups is 1. The van der Waals surface area contributed by atoms with Crippen molar-refractivity contribution >= 4 is 5.97 Å². The maximum atomic E-state index is 11.5. The van der Waals surface area contributed by atoms with E-state index in [0.717, 1.165) is 32.1 Å². The van der Waals surface area contributed by atoms with Crippen LogP contribution in [0.2, 0.25) is 0 Å². The van der Waals surface area contributed by atoms with Crippen LogP contribution in [-0.2, 0) is 10.4 Å². The molecule has 0 radical (unpaired) electrons. The van der Waals surface area contributed by atoms with Gasteiger partial charge in [-0.3, -0.25) is 0 Å². The molecule has 0 aliphatic rings. The number of hydrogen-bond donors (Lipinski definition) is 2. The van der Waals surface area contributed by atoms with Crippen molar-refractivity contribution in [3.05, 3.63) is 48.0 Å². The SMILES string of the molecule is CCCCCCCC/C=C\CCCCCCC(O)(C(=O)O)c1ccccc1. The van der Waals surface area contributed by atoms with Gasteiger partial charge in [-0.25, -0.2) is 4.79 Å². The molecule has 3 nitrogen and oxygen atoms in total. The number of allylic oxidation sites excluding steroid dienone is 2. The summed E-state index contributed by atoms with van der Waals surface area (Å²) >= 11 is 0. The molecule has 0 aromatic heterocycles. The van der Waals surface area contributed by atoms with E-state index in [1.165, 1.54) is 44.9 Å². The predicted molar refractivity (Wildman–Crippen MR) is 113 cm³/mol. The van der Waals surface area contributed by atoms with Gasteiger partial charge in [-0.15, -0.1) is 0 Å². The Kier molecular flexibility index (Phi) is 12.5. The highest BCUT2D eigenvalue weighted by Crippen LogP contribution is 2.28. The lowest BCUT2D eigenvalue weighted by atomic mass is 9.88. The van der Waals surface area contributed by atoms with Gasteiger partial charge in [0, 0.05) is 0 Å². The molecule has 0 amide bonds. The van der Waals surface area contributed by atoms with Crippen LogP contribution >= 0.6 is 0 Å². The molecule has 1 rings (SSSR count). The number of unbranched alkanes of at least 4 members (excludes halogenated alkanes) is 10. The summed E-state index contributed by atoms with van der Waals surface area (Å²) in [6.45, 7) is 2.25. The second kappa shape index (κ2) is 14.4. The van der Waals surface area contributed by atoms with Crippen molar-refractivity contribution in [3.8, 4) is 0 Å². The molecular formula is C24H38O3. The van der Waals surface area contributed by atoms with Crippen molar-refractivity contribution in [3.63, 3.8) is 0 Å². The second-order valence-corrected chi connectivity index (χ2v) is 7.51. The topological polar surface area (TPSA) is 57.5 Å². The Hall–Kier alpha value is -1.61. The van der Waals surface area contributed by atoms with Crippen LogP contribution in [0.5, 0.6) is 0 Å². The molecule has 1 aromatic rings. The molecule has 1 atom stereocenters. The largest absolute Gasteiger partial charge is 0.479 e. The first-order valence-electron chi connectivity index (χ1n) is 10.8. The fraction of sp³-hybridized carbons (Fsp3) is 0.625. The van der Waals surface area contributed by atoms with Gasteiger partial charge in [0.2, 0.25) is 0 Å². The molecular weight excluding hydrogens is 336 g/mol. The number of aliphatic carboxylic acids is 1. The third-order valence-electron chi connectivity index (χ3n) is 5.16. The Morgan fingerprint density at radius 1 is 0.852 bits per heavy atom. The second-order valence-electron chi connectivity index (χ2n) is 7.51. The Labute approximate surface area is 165 Å². The normalized spacial score (nSPS) is 13.7. The molecule has 1 unspecified atom stereocenters. The summed E-state index contributed by atoms with van der Waals surface area (Å²) in [5.41, 5.74) is -1.30. The lowest BCUT2D eigenvalue weighted by Gasteiger charge is -2.23. The third-order valence-corrected chi connectivity index (χ3v) is 5.16. The first-order chi connectivity index (χ1) is 13.1. The Balaban J connectivity index is 2.09. The number of rotatable bonds is 16. The first kappa shape index (κ1) is 23.4. The van der Waals surface area contributed by atoms with Crippen LogP contribution in [0.3, 0.4) is 0 Å². The molecule has 27 heavy (non-hydrogen) atoms. The van der Waals surface area contributed by atoms with Crippen LogP contribution in [-0.4, -0.2) is 16.2 Å². The summed E-state index contributed by atoms with van der Waals surface area (Å²) in [4.78, 5) is 11.5. The van der Waals surface area contributed by atoms with Crippen molar-refractivity contribution in [1.82, 2.24) is 0 Å². The molecule has 0 saturated carbocycles. The standard InChI is InChI=1S/C24H38O3/c1-2-3-4-5-6-7-8-9-10-11-12-13-14-18-21-24(27,23(25)26)22-19-16-15-17-20-22/h9-10,15-17,19-20,27H,2-8,11-14,18,21H2,1H3,(H,25,26)/b10-9-. The van der Waals surface area contributed by atoms with Gasteiger partial charge in [-0.05, 0) is 44.1 Å². The predicted octanol–water partition coefficient (Wildman–Crippen LogP) is 6.61. The van der Waals surface area contributed by atoms with Crippen molar-refractivity contribution in [2.45, 2.75) is 96.0 Å².